The molecule has 0 bridgehead atoms. The molecule has 150 valence electrons. The van der Waals surface area contributed by atoms with Crippen LogP contribution in [0.15, 0.2) is 53.9 Å². The van der Waals surface area contributed by atoms with Crippen LogP contribution in [-0.4, -0.2) is 23.8 Å². The molecule has 5 heteroatoms. The summed E-state index contributed by atoms with van der Waals surface area (Å²) in [6.45, 7) is 8.74. The minimum atomic E-state index is 0.0797. The maximum absolute atomic E-state index is 13.6. The summed E-state index contributed by atoms with van der Waals surface area (Å²) in [6, 6.07) is 15.8. The summed E-state index contributed by atoms with van der Waals surface area (Å²) in [5, 5.41) is 3.88. The van der Waals surface area contributed by atoms with Gasteiger partial charge in [-0.3, -0.25) is 9.69 Å². The fraction of sp³-hybridized carbons (Fsp3) is 0.292. The van der Waals surface area contributed by atoms with Crippen molar-refractivity contribution in [1.29, 1.82) is 0 Å². The lowest BCUT2D eigenvalue weighted by Crippen LogP contribution is -2.24. The molecule has 0 unspecified atom stereocenters. The summed E-state index contributed by atoms with van der Waals surface area (Å²) in [6.07, 6.45) is 0. The first kappa shape index (κ1) is 20.1. The van der Waals surface area contributed by atoms with Crippen molar-refractivity contribution in [2.75, 3.05) is 18.0 Å². The van der Waals surface area contributed by atoms with Gasteiger partial charge in [0.25, 0.3) is 0 Å². The molecule has 2 aromatic carbocycles. The van der Waals surface area contributed by atoms with Crippen LogP contribution in [-0.2, 0) is 19.6 Å². The van der Waals surface area contributed by atoms with E-state index in [1.165, 1.54) is 11.1 Å². The van der Waals surface area contributed by atoms with Crippen LogP contribution >= 0.6 is 22.9 Å². The van der Waals surface area contributed by atoms with Crippen LogP contribution in [0.25, 0.3) is 0 Å². The number of anilines is 1. The third-order valence-electron chi connectivity index (χ3n) is 5.60. The number of hydrogen-bond acceptors (Lipinski definition) is 4. The molecule has 0 N–H and O–H groups in total. The molecule has 0 fully saturated rings. The van der Waals surface area contributed by atoms with Crippen LogP contribution < -0.4 is 4.90 Å². The smallest absolute Gasteiger partial charge is 0.196 e. The van der Waals surface area contributed by atoms with Gasteiger partial charge in [0.2, 0.25) is 0 Å². The Kier molecular flexibility index (Phi) is 6.04. The molecule has 0 spiro atoms. The number of nitrogens with zero attached hydrogens (tertiary/aromatic N) is 2. The molecular weight excluding hydrogens is 400 g/mol. The quantitative estimate of drug-likeness (QED) is 0.435. The Balaban J connectivity index is 1.73. The minimum absolute atomic E-state index is 0.0797. The monoisotopic (exact) mass is 424 g/mol. The SMILES string of the molecule is CCN(CC)Cc1csc(N2Cc3ccccc3C2)c1C(=O)c1ccc(Cl)cc1. The summed E-state index contributed by atoms with van der Waals surface area (Å²) in [4.78, 5) is 18.3. The average molecular weight is 425 g/mol. The third-order valence-corrected chi connectivity index (χ3v) is 6.94. The summed E-state index contributed by atoms with van der Waals surface area (Å²) in [5.74, 6) is 0.0797. The molecule has 29 heavy (non-hydrogen) atoms. The van der Waals surface area contributed by atoms with E-state index < -0.39 is 0 Å². The fourth-order valence-electron chi connectivity index (χ4n) is 3.88. The number of benzene rings is 2. The van der Waals surface area contributed by atoms with Gasteiger partial charge in [-0.25, -0.2) is 0 Å². The Labute approximate surface area is 181 Å². The number of halogens is 1. The van der Waals surface area contributed by atoms with E-state index >= 15 is 0 Å². The van der Waals surface area contributed by atoms with Crippen molar-refractivity contribution >= 4 is 33.7 Å². The first-order chi connectivity index (χ1) is 14.1. The number of ketones is 1. The zero-order valence-electron chi connectivity index (χ0n) is 16.8. The highest BCUT2D eigenvalue weighted by atomic mass is 35.5. The first-order valence-corrected chi connectivity index (χ1v) is 11.3. The maximum Gasteiger partial charge on any atom is 0.196 e. The summed E-state index contributed by atoms with van der Waals surface area (Å²) >= 11 is 7.73. The lowest BCUT2D eigenvalue weighted by molar-refractivity contribution is 0.103. The number of carbonyl (C=O) groups excluding carboxylic acids is 1. The van der Waals surface area contributed by atoms with Crippen molar-refractivity contribution in [2.24, 2.45) is 0 Å². The Morgan fingerprint density at radius 3 is 2.24 bits per heavy atom. The van der Waals surface area contributed by atoms with Gasteiger partial charge in [-0.2, -0.15) is 0 Å². The average Bonchev–Trinajstić information content (AvgIpc) is 3.35. The molecule has 4 rings (SSSR count). The molecule has 0 saturated heterocycles. The predicted molar refractivity (Wildman–Crippen MR) is 122 cm³/mol. The second-order valence-electron chi connectivity index (χ2n) is 7.36. The van der Waals surface area contributed by atoms with Crippen molar-refractivity contribution < 1.29 is 4.79 Å². The zero-order valence-corrected chi connectivity index (χ0v) is 18.4. The van der Waals surface area contributed by atoms with E-state index in [9.17, 15) is 4.79 Å². The first-order valence-electron chi connectivity index (χ1n) is 10.0. The summed E-state index contributed by atoms with van der Waals surface area (Å²) in [5.41, 5.74) is 5.33. The van der Waals surface area contributed by atoms with Gasteiger partial charge in [-0.05, 0) is 59.4 Å². The molecule has 0 saturated carbocycles. The Bertz CT molecular complexity index is 983. The second kappa shape index (κ2) is 8.70. The van der Waals surface area contributed by atoms with Crippen molar-refractivity contribution in [2.45, 2.75) is 33.5 Å². The molecule has 3 nitrogen and oxygen atoms in total. The molecular formula is C24H25ClN2OS. The van der Waals surface area contributed by atoms with Gasteiger partial charge in [0.05, 0.1) is 5.56 Å². The fourth-order valence-corrected chi connectivity index (χ4v) is 5.08. The molecule has 0 atom stereocenters. The normalized spacial score (nSPS) is 13.2. The van der Waals surface area contributed by atoms with E-state index in [2.05, 4.69) is 53.3 Å². The van der Waals surface area contributed by atoms with Gasteiger partial charge < -0.3 is 4.90 Å². The second-order valence-corrected chi connectivity index (χ2v) is 8.66. The Morgan fingerprint density at radius 2 is 1.66 bits per heavy atom. The summed E-state index contributed by atoms with van der Waals surface area (Å²) in [7, 11) is 0. The van der Waals surface area contributed by atoms with Crippen LogP contribution in [0.3, 0.4) is 0 Å². The van der Waals surface area contributed by atoms with E-state index in [1.54, 1.807) is 23.5 Å². The molecule has 0 radical (unpaired) electrons. The minimum Gasteiger partial charge on any atom is -0.354 e. The van der Waals surface area contributed by atoms with Crippen molar-refractivity contribution in [3.05, 3.63) is 86.8 Å². The highest BCUT2D eigenvalue weighted by Gasteiger charge is 2.28. The lowest BCUT2D eigenvalue weighted by Gasteiger charge is -2.21. The zero-order chi connectivity index (χ0) is 20.4. The van der Waals surface area contributed by atoms with E-state index in [0.29, 0.717) is 10.6 Å². The van der Waals surface area contributed by atoms with Crippen LogP contribution in [0, 0.1) is 0 Å². The predicted octanol–water partition coefficient (Wildman–Crippen LogP) is 5.99. The van der Waals surface area contributed by atoms with E-state index in [1.807, 2.05) is 12.1 Å². The molecule has 0 amide bonds. The molecule has 3 aromatic rings. The number of thiophene rings is 1. The van der Waals surface area contributed by atoms with Crippen molar-refractivity contribution in [3.63, 3.8) is 0 Å². The number of fused-ring (bicyclic) bond motifs is 1. The number of hydrogen-bond donors (Lipinski definition) is 0. The van der Waals surface area contributed by atoms with Gasteiger partial charge in [-0.15, -0.1) is 11.3 Å². The molecule has 1 aliphatic rings. The Morgan fingerprint density at radius 1 is 1.03 bits per heavy atom. The maximum atomic E-state index is 13.6. The van der Waals surface area contributed by atoms with Crippen LogP contribution in [0.5, 0.6) is 0 Å². The standard InChI is InChI=1S/C24H25ClN2OS/c1-3-26(4-2)13-20-16-29-24(27-14-18-7-5-6-8-19(18)15-27)22(20)23(28)17-9-11-21(25)12-10-17/h5-12,16H,3-4,13-15H2,1-2H3. The van der Waals surface area contributed by atoms with E-state index in [0.717, 1.165) is 48.9 Å². The molecule has 1 aliphatic heterocycles. The van der Waals surface area contributed by atoms with Crippen LogP contribution in [0.1, 0.15) is 46.5 Å². The van der Waals surface area contributed by atoms with Gasteiger partial charge in [0.15, 0.2) is 5.78 Å². The van der Waals surface area contributed by atoms with E-state index in [-0.39, 0.29) is 5.78 Å². The topological polar surface area (TPSA) is 23.6 Å². The van der Waals surface area contributed by atoms with Crippen molar-refractivity contribution in [1.82, 2.24) is 4.90 Å². The number of carbonyl (C=O) groups is 1. The highest BCUT2D eigenvalue weighted by Crippen LogP contribution is 2.39. The van der Waals surface area contributed by atoms with Gasteiger partial charge in [0, 0.05) is 30.2 Å². The highest BCUT2D eigenvalue weighted by molar-refractivity contribution is 7.14. The van der Waals surface area contributed by atoms with Crippen molar-refractivity contribution in [3.8, 4) is 0 Å². The van der Waals surface area contributed by atoms with Crippen LogP contribution in [0.2, 0.25) is 5.02 Å². The van der Waals surface area contributed by atoms with E-state index in [4.69, 9.17) is 11.6 Å². The van der Waals surface area contributed by atoms with Gasteiger partial charge in [-0.1, -0.05) is 49.7 Å². The van der Waals surface area contributed by atoms with Crippen LogP contribution in [0.4, 0.5) is 5.00 Å². The Hall–Kier alpha value is -2.14. The van der Waals surface area contributed by atoms with Gasteiger partial charge in [0.1, 0.15) is 5.00 Å². The molecule has 2 heterocycles. The molecule has 0 aliphatic carbocycles. The largest absolute Gasteiger partial charge is 0.354 e. The third kappa shape index (κ3) is 4.11. The lowest BCUT2D eigenvalue weighted by atomic mass is 10.0. The van der Waals surface area contributed by atoms with Gasteiger partial charge >= 0.3 is 0 Å². The summed E-state index contributed by atoms with van der Waals surface area (Å²) < 4.78 is 0. The molecule has 1 aromatic heterocycles. The number of rotatable bonds is 7.